The molecular formula is C53H38IN3. The van der Waals surface area contributed by atoms with Crippen LogP contribution in [0.3, 0.4) is 0 Å². The van der Waals surface area contributed by atoms with Crippen LogP contribution in [-0.2, 0) is 5.41 Å². The Hall–Kier alpha value is -6.24. The molecule has 0 aliphatic heterocycles. The number of aryl methyl sites for hydroxylation is 1. The summed E-state index contributed by atoms with van der Waals surface area (Å²) in [5, 5.41) is 0. The van der Waals surface area contributed by atoms with Crippen LogP contribution in [0.5, 0.6) is 0 Å². The number of aromatic nitrogens is 3. The number of rotatable bonds is 7. The van der Waals surface area contributed by atoms with Crippen molar-refractivity contribution in [3.63, 3.8) is 0 Å². The van der Waals surface area contributed by atoms with E-state index in [0.717, 1.165) is 22.3 Å². The first-order chi connectivity index (χ1) is 28.1. The van der Waals surface area contributed by atoms with Crippen LogP contribution in [0.2, 0.25) is 0 Å². The second kappa shape index (κ2) is 14.7. The zero-order valence-corrected chi connectivity index (χ0v) is 33.6. The van der Waals surface area contributed by atoms with Gasteiger partial charge in [-0.05, 0) is 79.6 Å². The summed E-state index contributed by atoms with van der Waals surface area (Å²) in [5.41, 5.74) is 14.1. The Morgan fingerprint density at radius 2 is 0.912 bits per heavy atom. The molecule has 4 heteroatoms. The quantitative estimate of drug-likeness (QED) is 0.150. The zero-order valence-electron chi connectivity index (χ0n) is 31.4. The summed E-state index contributed by atoms with van der Waals surface area (Å²) < 4.78 is 1.27. The van der Waals surface area contributed by atoms with Gasteiger partial charge >= 0.3 is 0 Å². The van der Waals surface area contributed by atoms with Crippen LogP contribution in [0.25, 0.3) is 56.4 Å². The van der Waals surface area contributed by atoms with E-state index in [9.17, 15) is 0 Å². The maximum atomic E-state index is 4.98. The van der Waals surface area contributed by atoms with Crippen LogP contribution in [0.1, 0.15) is 33.7 Å². The van der Waals surface area contributed by atoms with Gasteiger partial charge in [-0.25, -0.2) is 15.0 Å². The standard InChI is InChI=1S/C53H38IN3/c1-35-17-8-13-27-45(35)53(46-28-14-11-24-42(46)43-25-12-15-29-47(43)53)48-30-16-26-44(49(48)54)41-23-10-9-22-40(41)36-31-33-39(34-32-36)52-56-50(37-18-4-2-5-19-37)55-51(57-52)38-20-6-3-7-21-38/h2-34,42,46H,1H3. The highest BCUT2D eigenvalue weighted by molar-refractivity contribution is 14.1. The summed E-state index contributed by atoms with van der Waals surface area (Å²) in [6, 6.07) is 62.8. The van der Waals surface area contributed by atoms with Crippen molar-refractivity contribution in [2.45, 2.75) is 18.3 Å². The molecule has 2 aliphatic rings. The average Bonchev–Trinajstić information content (AvgIpc) is 3.58. The fourth-order valence-electron chi connectivity index (χ4n) is 9.20. The molecule has 2 aliphatic carbocycles. The molecule has 3 unspecified atom stereocenters. The number of benzene rings is 7. The molecule has 272 valence electrons. The van der Waals surface area contributed by atoms with E-state index in [1.807, 2.05) is 60.7 Å². The van der Waals surface area contributed by atoms with Crippen molar-refractivity contribution in [2.24, 2.45) is 5.92 Å². The van der Waals surface area contributed by atoms with E-state index < -0.39 is 0 Å². The lowest BCUT2D eigenvalue weighted by Gasteiger charge is -2.40. The van der Waals surface area contributed by atoms with Gasteiger partial charge in [-0.15, -0.1) is 0 Å². The molecule has 0 bridgehead atoms. The molecule has 0 spiro atoms. The van der Waals surface area contributed by atoms with E-state index in [0.29, 0.717) is 23.4 Å². The van der Waals surface area contributed by atoms with E-state index in [4.69, 9.17) is 15.0 Å². The molecule has 7 aromatic carbocycles. The monoisotopic (exact) mass is 843 g/mol. The molecule has 0 radical (unpaired) electrons. The SMILES string of the molecule is Cc1ccccc1C1(c2cccc(-c3ccccc3-c3ccc(-c4nc(-c5ccccc5)nc(-c5ccccc5)n4)cc3)c2I)c2ccccc2C2C=CC=CC21. The zero-order chi connectivity index (χ0) is 38.3. The molecule has 1 heterocycles. The van der Waals surface area contributed by atoms with Crippen LogP contribution in [0.4, 0.5) is 0 Å². The molecule has 0 saturated carbocycles. The Kier molecular flexibility index (Phi) is 9.07. The maximum absolute atomic E-state index is 4.98. The average molecular weight is 844 g/mol. The topological polar surface area (TPSA) is 38.7 Å². The Balaban J connectivity index is 1.09. The number of allylic oxidation sites excluding steroid dienone is 4. The summed E-state index contributed by atoms with van der Waals surface area (Å²) in [5.74, 6) is 2.50. The molecule has 1 aromatic heterocycles. The third kappa shape index (κ3) is 5.98. The lowest BCUT2D eigenvalue weighted by atomic mass is 9.62. The number of halogens is 1. The molecule has 0 N–H and O–H groups in total. The summed E-state index contributed by atoms with van der Waals surface area (Å²) in [4.78, 5) is 14.8. The molecule has 0 amide bonds. The number of hydrogen-bond acceptors (Lipinski definition) is 3. The van der Waals surface area contributed by atoms with Gasteiger partial charge in [-0.2, -0.15) is 0 Å². The largest absolute Gasteiger partial charge is 0.208 e. The predicted molar refractivity (Wildman–Crippen MR) is 242 cm³/mol. The maximum Gasteiger partial charge on any atom is 0.164 e. The van der Waals surface area contributed by atoms with Crippen molar-refractivity contribution in [3.05, 3.63) is 232 Å². The third-order valence-corrected chi connectivity index (χ3v) is 12.9. The van der Waals surface area contributed by atoms with Crippen LogP contribution >= 0.6 is 22.6 Å². The number of nitrogens with zero attached hydrogens (tertiary/aromatic N) is 3. The second-order valence-electron chi connectivity index (χ2n) is 14.9. The highest BCUT2D eigenvalue weighted by Gasteiger charge is 2.54. The third-order valence-electron chi connectivity index (χ3n) is 11.7. The number of fused-ring (bicyclic) bond motifs is 3. The minimum absolute atomic E-state index is 0.243. The molecule has 3 nitrogen and oxygen atoms in total. The van der Waals surface area contributed by atoms with Crippen molar-refractivity contribution < 1.29 is 0 Å². The molecule has 57 heavy (non-hydrogen) atoms. The van der Waals surface area contributed by atoms with Gasteiger partial charge in [0, 0.05) is 32.1 Å². The lowest BCUT2D eigenvalue weighted by molar-refractivity contribution is 0.453. The van der Waals surface area contributed by atoms with Crippen LogP contribution < -0.4 is 0 Å². The minimum atomic E-state index is -0.362. The van der Waals surface area contributed by atoms with Gasteiger partial charge in [0.15, 0.2) is 17.5 Å². The molecule has 10 rings (SSSR count). The van der Waals surface area contributed by atoms with Gasteiger partial charge in [-0.3, -0.25) is 0 Å². The Bertz CT molecular complexity index is 2770. The van der Waals surface area contributed by atoms with Crippen molar-refractivity contribution in [2.75, 3.05) is 0 Å². The summed E-state index contributed by atoms with van der Waals surface area (Å²) in [6.45, 7) is 2.27. The molecule has 3 atom stereocenters. The van der Waals surface area contributed by atoms with Crippen LogP contribution in [0.15, 0.2) is 200 Å². The van der Waals surface area contributed by atoms with E-state index in [1.54, 1.807) is 0 Å². The van der Waals surface area contributed by atoms with E-state index in [1.165, 1.54) is 48.1 Å². The van der Waals surface area contributed by atoms with Crippen molar-refractivity contribution >= 4 is 22.6 Å². The Morgan fingerprint density at radius 3 is 1.58 bits per heavy atom. The predicted octanol–water partition coefficient (Wildman–Crippen LogP) is 13.3. The highest BCUT2D eigenvalue weighted by atomic mass is 127. The van der Waals surface area contributed by atoms with Crippen molar-refractivity contribution in [1.29, 1.82) is 0 Å². The van der Waals surface area contributed by atoms with Gasteiger partial charge in [0.25, 0.3) is 0 Å². The first-order valence-corrected chi connectivity index (χ1v) is 20.6. The highest BCUT2D eigenvalue weighted by Crippen LogP contribution is 2.61. The summed E-state index contributed by atoms with van der Waals surface area (Å²) in [6.07, 6.45) is 9.33. The normalized spacial score (nSPS) is 17.9. The molecule has 0 saturated heterocycles. The van der Waals surface area contributed by atoms with Crippen LogP contribution in [-0.4, -0.2) is 15.0 Å². The second-order valence-corrected chi connectivity index (χ2v) is 15.9. The molecular weight excluding hydrogens is 806 g/mol. The Labute approximate surface area is 347 Å². The van der Waals surface area contributed by atoms with Gasteiger partial charge in [-0.1, -0.05) is 200 Å². The van der Waals surface area contributed by atoms with E-state index in [2.05, 4.69) is 169 Å². The fourth-order valence-corrected chi connectivity index (χ4v) is 10.3. The van der Waals surface area contributed by atoms with E-state index >= 15 is 0 Å². The summed E-state index contributed by atoms with van der Waals surface area (Å²) in [7, 11) is 0. The minimum Gasteiger partial charge on any atom is -0.208 e. The first kappa shape index (κ1) is 35.2. The van der Waals surface area contributed by atoms with E-state index in [-0.39, 0.29) is 11.3 Å². The van der Waals surface area contributed by atoms with Gasteiger partial charge in [0.1, 0.15) is 0 Å². The van der Waals surface area contributed by atoms with Crippen LogP contribution in [0, 0.1) is 16.4 Å². The van der Waals surface area contributed by atoms with Gasteiger partial charge in [0.05, 0.1) is 5.41 Å². The summed E-state index contributed by atoms with van der Waals surface area (Å²) >= 11 is 2.64. The Morgan fingerprint density at radius 1 is 0.421 bits per heavy atom. The van der Waals surface area contributed by atoms with Crippen molar-refractivity contribution in [1.82, 2.24) is 15.0 Å². The van der Waals surface area contributed by atoms with Crippen molar-refractivity contribution in [3.8, 4) is 56.4 Å². The lowest BCUT2D eigenvalue weighted by Crippen LogP contribution is -2.36. The van der Waals surface area contributed by atoms with Gasteiger partial charge in [0.2, 0.25) is 0 Å². The smallest absolute Gasteiger partial charge is 0.164 e. The fraction of sp³-hybridized carbons (Fsp3) is 0.0755. The molecule has 0 fully saturated rings. The molecule has 8 aromatic rings. The first-order valence-electron chi connectivity index (χ1n) is 19.5. The van der Waals surface area contributed by atoms with Gasteiger partial charge < -0.3 is 0 Å². The number of hydrogen-bond donors (Lipinski definition) is 0.